The fourth-order valence-electron chi connectivity index (χ4n) is 2.89. The van der Waals surface area contributed by atoms with Crippen LogP contribution in [0.2, 0.25) is 0 Å². The lowest BCUT2D eigenvalue weighted by Gasteiger charge is -2.26. The number of primary amides is 1. The first kappa shape index (κ1) is 14.6. The molecular formula is C16H22N2O2. The minimum atomic E-state index is -1.01. The molecule has 1 aliphatic heterocycles. The van der Waals surface area contributed by atoms with Gasteiger partial charge in [-0.15, -0.1) is 0 Å². The van der Waals surface area contributed by atoms with Gasteiger partial charge in [0.05, 0.1) is 0 Å². The van der Waals surface area contributed by atoms with Crippen LogP contribution in [0.5, 0.6) is 0 Å². The van der Waals surface area contributed by atoms with E-state index in [1.807, 2.05) is 12.1 Å². The van der Waals surface area contributed by atoms with Crippen LogP contribution in [0.3, 0.4) is 0 Å². The van der Waals surface area contributed by atoms with Gasteiger partial charge in [0.15, 0.2) is 0 Å². The number of carbonyl (C=O) groups is 2. The molecular weight excluding hydrogens is 252 g/mol. The van der Waals surface area contributed by atoms with E-state index in [2.05, 4.69) is 12.2 Å². The molecule has 0 radical (unpaired) electrons. The summed E-state index contributed by atoms with van der Waals surface area (Å²) in [6.07, 6.45) is 6.06. The molecule has 2 amide bonds. The third-order valence-electron chi connectivity index (χ3n) is 4.03. The van der Waals surface area contributed by atoms with Crippen LogP contribution in [0.15, 0.2) is 24.3 Å². The number of nitrogens with two attached hydrogens (primary N) is 1. The van der Waals surface area contributed by atoms with Gasteiger partial charge in [-0.3, -0.25) is 9.59 Å². The summed E-state index contributed by atoms with van der Waals surface area (Å²) in [5, 5.41) is 2.81. The number of fused-ring (bicyclic) bond motifs is 1. The molecule has 1 unspecified atom stereocenters. The highest BCUT2D eigenvalue weighted by Crippen LogP contribution is 2.35. The van der Waals surface area contributed by atoms with Crippen molar-refractivity contribution in [2.24, 2.45) is 5.73 Å². The zero-order chi connectivity index (χ0) is 14.6. The van der Waals surface area contributed by atoms with Crippen molar-refractivity contribution < 1.29 is 9.59 Å². The fourth-order valence-corrected chi connectivity index (χ4v) is 2.89. The summed E-state index contributed by atoms with van der Waals surface area (Å²) in [6.45, 7) is 2.17. The fraction of sp³-hybridized carbons (Fsp3) is 0.500. The van der Waals surface area contributed by atoms with Gasteiger partial charge in [0.2, 0.25) is 5.91 Å². The summed E-state index contributed by atoms with van der Waals surface area (Å²) >= 11 is 0. The maximum atomic E-state index is 12.0. The second-order valence-electron chi connectivity index (χ2n) is 5.43. The first-order chi connectivity index (χ1) is 9.62. The van der Waals surface area contributed by atoms with Gasteiger partial charge in [-0.05, 0) is 18.1 Å². The smallest absolute Gasteiger partial charge is 0.252 e. The van der Waals surface area contributed by atoms with Gasteiger partial charge in [-0.1, -0.05) is 57.2 Å². The predicted molar refractivity (Wildman–Crippen MR) is 78.2 cm³/mol. The van der Waals surface area contributed by atoms with Crippen molar-refractivity contribution in [2.75, 3.05) is 0 Å². The first-order valence-corrected chi connectivity index (χ1v) is 7.33. The lowest BCUT2D eigenvalue weighted by molar-refractivity contribution is -0.124. The minimum Gasteiger partial charge on any atom is -0.367 e. The van der Waals surface area contributed by atoms with Gasteiger partial charge in [-0.2, -0.15) is 0 Å². The molecule has 0 saturated heterocycles. The zero-order valence-electron chi connectivity index (χ0n) is 11.9. The van der Waals surface area contributed by atoms with Crippen molar-refractivity contribution >= 4 is 11.8 Å². The summed E-state index contributed by atoms with van der Waals surface area (Å²) < 4.78 is 0. The standard InChI is InChI=1S/C16H22N2O2/c1-2-3-4-5-8-11-16(15(17)20)13-10-7-6-9-12(13)14(19)18-16/h6-7,9-10H,2-5,8,11H2,1H3,(H2,17,20)(H,18,19). The molecule has 20 heavy (non-hydrogen) atoms. The van der Waals surface area contributed by atoms with Crippen LogP contribution < -0.4 is 11.1 Å². The molecule has 1 aromatic rings. The second kappa shape index (κ2) is 6.07. The van der Waals surface area contributed by atoms with Crippen molar-refractivity contribution in [3.05, 3.63) is 35.4 Å². The SMILES string of the molecule is CCCCCCCC1(C(N)=O)NC(=O)c2ccccc21. The van der Waals surface area contributed by atoms with Crippen molar-refractivity contribution in [2.45, 2.75) is 51.0 Å². The number of hydrogen-bond donors (Lipinski definition) is 2. The summed E-state index contributed by atoms with van der Waals surface area (Å²) in [7, 11) is 0. The Balaban J connectivity index is 2.16. The molecule has 0 spiro atoms. The van der Waals surface area contributed by atoms with Crippen LogP contribution >= 0.6 is 0 Å². The number of nitrogens with one attached hydrogen (secondary N) is 1. The number of hydrogen-bond acceptors (Lipinski definition) is 2. The summed E-state index contributed by atoms with van der Waals surface area (Å²) in [6, 6.07) is 7.21. The maximum absolute atomic E-state index is 12.0. The number of carbonyl (C=O) groups excluding carboxylic acids is 2. The Morgan fingerprint density at radius 3 is 2.60 bits per heavy atom. The number of unbranched alkanes of at least 4 members (excludes halogenated alkanes) is 4. The van der Waals surface area contributed by atoms with Gasteiger partial charge < -0.3 is 11.1 Å². The van der Waals surface area contributed by atoms with E-state index in [1.54, 1.807) is 12.1 Å². The summed E-state index contributed by atoms with van der Waals surface area (Å²) in [5.74, 6) is -0.667. The van der Waals surface area contributed by atoms with E-state index < -0.39 is 11.4 Å². The van der Waals surface area contributed by atoms with Gasteiger partial charge in [0, 0.05) is 5.56 Å². The Labute approximate surface area is 119 Å². The Kier molecular flexibility index (Phi) is 4.42. The minimum absolute atomic E-state index is 0.201. The number of benzene rings is 1. The average molecular weight is 274 g/mol. The molecule has 0 aliphatic carbocycles. The van der Waals surface area contributed by atoms with Gasteiger partial charge >= 0.3 is 0 Å². The van der Waals surface area contributed by atoms with E-state index in [1.165, 1.54) is 12.8 Å². The molecule has 0 bridgehead atoms. The van der Waals surface area contributed by atoms with Crippen LogP contribution in [0.1, 0.15) is 61.4 Å². The van der Waals surface area contributed by atoms with Crippen LogP contribution in [0.4, 0.5) is 0 Å². The van der Waals surface area contributed by atoms with Gasteiger partial charge in [0.1, 0.15) is 5.54 Å². The van der Waals surface area contributed by atoms with E-state index in [4.69, 9.17) is 5.73 Å². The third-order valence-corrected chi connectivity index (χ3v) is 4.03. The van der Waals surface area contributed by atoms with E-state index in [0.29, 0.717) is 12.0 Å². The van der Waals surface area contributed by atoms with E-state index in [0.717, 1.165) is 24.8 Å². The maximum Gasteiger partial charge on any atom is 0.252 e. The van der Waals surface area contributed by atoms with Gasteiger partial charge in [0.25, 0.3) is 5.91 Å². The molecule has 3 N–H and O–H groups in total. The molecule has 4 nitrogen and oxygen atoms in total. The highest BCUT2D eigenvalue weighted by atomic mass is 16.2. The number of amides is 2. The molecule has 1 aromatic carbocycles. The van der Waals surface area contributed by atoms with Crippen LogP contribution in [0, 0.1) is 0 Å². The molecule has 1 atom stereocenters. The highest BCUT2D eigenvalue weighted by Gasteiger charge is 2.46. The predicted octanol–water partition coefficient (Wildman–Crippen LogP) is 2.47. The molecule has 4 heteroatoms. The molecule has 2 rings (SSSR count). The van der Waals surface area contributed by atoms with Crippen molar-refractivity contribution in [3.8, 4) is 0 Å². The third kappa shape index (κ3) is 2.55. The summed E-state index contributed by atoms with van der Waals surface area (Å²) in [4.78, 5) is 24.0. The molecule has 0 saturated carbocycles. The monoisotopic (exact) mass is 274 g/mol. The lowest BCUT2D eigenvalue weighted by Crippen LogP contribution is -2.50. The molecule has 0 fully saturated rings. The first-order valence-electron chi connectivity index (χ1n) is 7.33. The van der Waals surface area contributed by atoms with E-state index in [9.17, 15) is 9.59 Å². The number of rotatable bonds is 7. The van der Waals surface area contributed by atoms with Crippen LogP contribution in [-0.4, -0.2) is 11.8 Å². The Morgan fingerprint density at radius 1 is 1.20 bits per heavy atom. The Hall–Kier alpha value is -1.84. The Morgan fingerprint density at radius 2 is 1.90 bits per heavy atom. The summed E-state index contributed by atoms with van der Waals surface area (Å²) in [5.41, 5.74) is 5.88. The lowest BCUT2D eigenvalue weighted by atomic mass is 9.84. The van der Waals surface area contributed by atoms with Gasteiger partial charge in [-0.25, -0.2) is 0 Å². The molecule has 1 aliphatic rings. The molecule has 0 aromatic heterocycles. The molecule has 1 heterocycles. The zero-order valence-corrected chi connectivity index (χ0v) is 11.9. The van der Waals surface area contributed by atoms with Crippen molar-refractivity contribution in [1.82, 2.24) is 5.32 Å². The quantitative estimate of drug-likeness (QED) is 0.750. The molecule has 108 valence electrons. The topological polar surface area (TPSA) is 72.2 Å². The van der Waals surface area contributed by atoms with E-state index in [-0.39, 0.29) is 5.91 Å². The van der Waals surface area contributed by atoms with Crippen molar-refractivity contribution in [1.29, 1.82) is 0 Å². The largest absolute Gasteiger partial charge is 0.367 e. The van der Waals surface area contributed by atoms with Crippen LogP contribution in [0.25, 0.3) is 0 Å². The average Bonchev–Trinajstić information content (AvgIpc) is 2.73. The second-order valence-corrected chi connectivity index (χ2v) is 5.43. The van der Waals surface area contributed by atoms with E-state index >= 15 is 0 Å². The Bertz CT molecular complexity index is 513. The normalized spacial score (nSPS) is 20.6. The van der Waals surface area contributed by atoms with Crippen LogP contribution in [-0.2, 0) is 10.3 Å². The van der Waals surface area contributed by atoms with Crippen molar-refractivity contribution in [3.63, 3.8) is 0 Å². The highest BCUT2D eigenvalue weighted by molar-refractivity contribution is 6.06.